The molecule has 1 aromatic carbocycles. The van der Waals surface area contributed by atoms with Gasteiger partial charge < -0.3 is 15.8 Å². The number of benzene rings is 1. The van der Waals surface area contributed by atoms with E-state index in [1.807, 2.05) is 6.07 Å². The summed E-state index contributed by atoms with van der Waals surface area (Å²) in [7, 11) is 0. The molecule has 1 fully saturated rings. The Kier molecular flexibility index (Phi) is 7.42. The number of nitrogens with zero attached hydrogens (tertiary/aromatic N) is 2. The van der Waals surface area contributed by atoms with Gasteiger partial charge in [0.1, 0.15) is 11.6 Å². The van der Waals surface area contributed by atoms with Gasteiger partial charge >= 0.3 is 0 Å². The molecule has 1 heterocycles. The van der Waals surface area contributed by atoms with Crippen LogP contribution in [0.4, 0.5) is 4.39 Å². The van der Waals surface area contributed by atoms with E-state index in [1.54, 1.807) is 24.4 Å². The van der Waals surface area contributed by atoms with E-state index < -0.39 is 0 Å². The fourth-order valence-corrected chi connectivity index (χ4v) is 2.73. The van der Waals surface area contributed by atoms with Gasteiger partial charge in [0.05, 0.1) is 6.54 Å². The number of hydrogen-bond donors (Lipinski definition) is 2. The lowest BCUT2D eigenvalue weighted by atomic mass is 10.2. The van der Waals surface area contributed by atoms with Crippen LogP contribution in [0.3, 0.4) is 0 Å². The third kappa shape index (κ3) is 6.15. The summed E-state index contributed by atoms with van der Waals surface area (Å²) in [6.07, 6.45) is 6.46. The highest BCUT2D eigenvalue weighted by Gasteiger charge is 2.14. The number of hydrogen-bond acceptors (Lipinski definition) is 3. The average molecular weight is 456 g/mol. The quantitative estimate of drug-likeness (QED) is 0.406. The van der Waals surface area contributed by atoms with Gasteiger partial charge in [0.15, 0.2) is 5.96 Å². The van der Waals surface area contributed by atoms with E-state index in [-0.39, 0.29) is 29.8 Å². The lowest BCUT2D eigenvalue weighted by Crippen LogP contribution is -2.38. The highest BCUT2D eigenvalue weighted by Crippen LogP contribution is 2.20. The predicted octanol–water partition coefficient (Wildman–Crippen LogP) is 3.98. The molecule has 134 valence electrons. The molecule has 5 nitrogen and oxygen atoms in total. The van der Waals surface area contributed by atoms with Crippen LogP contribution in [0, 0.1) is 5.82 Å². The highest BCUT2D eigenvalue weighted by atomic mass is 127. The average Bonchev–Trinajstić information content (AvgIpc) is 3.08. The first-order valence-corrected chi connectivity index (χ1v) is 8.14. The van der Waals surface area contributed by atoms with E-state index in [0.29, 0.717) is 30.2 Å². The molecule has 3 rings (SSSR count). The van der Waals surface area contributed by atoms with Gasteiger partial charge in [-0.05, 0) is 48.7 Å². The second-order valence-corrected chi connectivity index (χ2v) is 5.89. The number of aliphatic imine (C=N–C) groups is 1. The molecule has 0 atom stereocenters. The van der Waals surface area contributed by atoms with Crippen LogP contribution < -0.4 is 15.8 Å². The van der Waals surface area contributed by atoms with Crippen LogP contribution in [0.15, 0.2) is 47.6 Å². The van der Waals surface area contributed by atoms with Crippen molar-refractivity contribution in [3.05, 3.63) is 54.0 Å². The molecule has 25 heavy (non-hydrogen) atoms. The van der Waals surface area contributed by atoms with Crippen molar-refractivity contribution in [2.45, 2.75) is 38.3 Å². The minimum absolute atomic E-state index is 0. The summed E-state index contributed by atoms with van der Waals surface area (Å²) < 4.78 is 18.5. The molecule has 1 aromatic heterocycles. The number of pyridine rings is 1. The van der Waals surface area contributed by atoms with Crippen molar-refractivity contribution in [1.82, 2.24) is 10.3 Å². The maximum Gasteiger partial charge on any atom is 0.219 e. The smallest absolute Gasteiger partial charge is 0.219 e. The van der Waals surface area contributed by atoms with Crippen LogP contribution in [0.25, 0.3) is 0 Å². The van der Waals surface area contributed by atoms with Crippen molar-refractivity contribution in [3.8, 4) is 11.6 Å². The topological polar surface area (TPSA) is 72.5 Å². The summed E-state index contributed by atoms with van der Waals surface area (Å²) in [5.74, 6) is 1.15. The van der Waals surface area contributed by atoms with Crippen molar-refractivity contribution in [2.24, 2.45) is 10.7 Å². The fraction of sp³-hybridized carbons (Fsp3) is 0.333. The normalized spacial score (nSPS) is 14.8. The number of rotatable bonds is 5. The predicted molar refractivity (Wildman–Crippen MR) is 107 cm³/mol. The zero-order valence-corrected chi connectivity index (χ0v) is 16.2. The Balaban J connectivity index is 0.00000225. The summed E-state index contributed by atoms with van der Waals surface area (Å²) in [6.45, 7) is 0.452. The van der Waals surface area contributed by atoms with Gasteiger partial charge in [-0.15, -0.1) is 24.0 Å². The number of halogens is 2. The van der Waals surface area contributed by atoms with E-state index in [4.69, 9.17) is 10.5 Å². The van der Waals surface area contributed by atoms with Crippen LogP contribution in [0.1, 0.15) is 31.2 Å². The van der Waals surface area contributed by atoms with Crippen molar-refractivity contribution >= 4 is 29.9 Å². The van der Waals surface area contributed by atoms with Gasteiger partial charge in [-0.3, -0.25) is 0 Å². The number of nitrogens with one attached hydrogen (secondary N) is 1. The van der Waals surface area contributed by atoms with Gasteiger partial charge in [0.25, 0.3) is 0 Å². The SMILES string of the molecule is I.NC(=NCc1ccnc(Oc2ccc(F)cc2)c1)NC1CCCC1. The van der Waals surface area contributed by atoms with Gasteiger partial charge in [-0.2, -0.15) is 0 Å². The number of aromatic nitrogens is 1. The Morgan fingerprint density at radius 2 is 1.96 bits per heavy atom. The fourth-order valence-electron chi connectivity index (χ4n) is 2.73. The summed E-state index contributed by atoms with van der Waals surface area (Å²) in [5, 5.41) is 3.25. The number of ether oxygens (including phenoxy) is 1. The van der Waals surface area contributed by atoms with Gasteiger partial charge in [0, 0.05) is 18.3 Å². The second-order valence-electron chi connectivity index (χ2n) is 5.89. The summed E-state index contributed by atoms with van der Waals surface area (Å²) in [6, 6.07) is 9.93. The third-order valence-corrected chi connectivity index (χ3v) is 3.97. The van der Waals surface area contributed by atoms with Crippen LogP contribution in [-0.2, 0) is 6.54 Å². The van der Waals surface area contributed by atoms with Crippen molar-refractivity contribution in [3.63, 3.8) is 0 Å². The molecule has 0 aliphatic heterocycles. The van der Waals surface area contributed by atoms with E-state index in [1.165, 1.54) is 25.0 Å². The molecule has 0 saturated heterocycles. The Bertz CT molecular complexity index is 702. The molecule has 1 aliphatic rings. The maximum absolute atomic E-state index is 12.9. The van der Waals surface area contributed by atoms with E-state index in [0.717, 1.165) is 18.4 Å². The van der Waals surface area contributed by atoms with E-state index in [2.05, 4.69) is 15.3 Å². The largest absolute Gasteiger partial charge is 0.439 e. The molecule has 1 aliphatic carbocycles. The minimum atomic E-state index is -0.302. The van der Waals surface area contributed by atoms with Crippen LogP contribution in [0.5, 0.6) is 11.6 Å². The van der Waals surface area contributed by atoms with E-state index >= 15 is 0 Å². The lowest BCUT2D eigenvalue weighted by molar-refractivity contribution is 0.460. The first-order chi connectivity index (χ1) is 11.7. The molecule has 0 radical (unpaired) electrons. The zero-order chi connectivity index (χ0) is 16.8. The van der Waals surface area contributed by atoms with Crippen molar-refractivity contribution in [1.29, 1.82) is 0 Å². The van der Waals surface area contributed by atoms with Crippen molar-refractivity contribution in [2.75, 3.05) is 0 Å². The Morgan fingerprint density at radius 3 is 2.68 bits per heavy atom. The Hall–Kier alpha value is -1.90. The molecular weight excluding hydrogens is 434 g/mol. The number of nitrogens with two attached hydrogens (primary N) is 1. The molecule has 3 N–H and O–H groups in total. The number of guanidine groups is 1. The molecule has 0 bridgehead atoms. The first-order valence-electron chi connectivity index (χ1n) is 8.14. The van der Waals surface area contributed by atoms with Gasteiger partial charge in [-0.25, -0.2) is 14.4 Å². The molecule has 0 amide bonds. The molecule has 7 heteroatoms. The lowest BCUT2D eigenvalue weighted by Gasteiger charge is -2.12. The molecular formula is C18H22FIN4O. The van der Waals surface area contributed by atoms with Crippen LogP contribution in [-0.4, -0.2) is 17.0 Å². The Labute approximate surface area is 163 Å². The molecule has 1 saturated carbocycles. The first kappa shape index (κ1) is 19.4. The summed E-state index contributed by atoms with van der Waals surface area (Å²) in [5.41, 5.74) is 6.88. The molecule has 0 spiro atoms. The monoisotopic (exact) mass is 456 g/mol. The molecule has 0 unspecified atom stereocenters. The standard InChI is InChI=1S/C18H21FN4O.HI/c19-14-5-7-16(8-6-14)24-17-11-13(9-10-21-17)12-22-18(20)23-15-3-1-2-4-15;/h5-11,15H,1-4,12H2,(H3,20,22,23);1H. The summed E-state index contributed by atoms with van der Waals surface area (Å²) >= 11 is 0. The van der Waals surface area contributed by atoms with E-state index in [9.17, 15) is 4.39 Å². The maximum atomic E-state index is 12.9. The third-order valence-electron chi connectivity index (χ3n) is 3.97. The zero-order valence-electron chi connectivity index (χ0n) is 13.8. The molecule has 2 aromatic rings. The van der Waals surface area contributed by atoms with Crippen LogP contribution >= 0.6 is 24.0 Å². The van der Waals surface area contributed by atoms with Crippen LogP contribution in [0.2, 0.25) is 0 Å². The van der Waals surface area contributed by atoms with Gasteiger partial charge in [0.2, 0.25) is 5.88 Å². The van der Waals surface area contributed by atoms with Gasteiger partial charge in [-0.1, -0.05) is 12.8 Å². The Morgan fingerprint density at radius 1 is 1.24 bits per heavy atom. The summed E-state index contributed by atoms with van der Waals surface area (Å²) in [4.78, 5) is 8.52. The minimum Gasteiger partial charge on any atom is -0.439 e. The highest BCUT2D eigenvalue weighted by molar-refractivity contribution is 14.0. The van der Waals surface area contributed by atoms with Crippen molar-refractivity contribution < 1.29 is 9.13 Å². The second kappa shape index (κ2) is 9.55.